The summed E-state index contributed by atoms with van der Waals surface area (Å²) in [6, 6.07) is 6.02. The summed E-state index contributed by atoms with van der Waals surface area (Å²) in [5.41, 5.74) is -0.262. The van der Waals surface area contributed by atoms with Crippen molar-refractivity contribution in [1.29, 1.82) is 0 Å². The molecule has 20 heavy (non-hydrogen) atoms. The van der Waals surface area contributed by atoms with Crippen molar-refractivity contribution in [3.8, 4) is 0 Å². The second-order valence-electron chi connectivity index (χ2n) is 3.67. The van der Waals surface area contributed by atoms with Crippen molar-refractivity contribution in [2.75, 3.05) is 13.2 Å². The fourth-order valence-corrected chi connectivity index (χ4v) is 1.56. The Kier molecular flexibility index (Phi) is 6.06. The van der Waals surface area contributed by atoms with Gasteiger partial charge in [0.15, 0.2) is 5.57 Å². The number of ether oxygens (including phenoxy) is 2. The van der Waals surface area contributed by atoms with Crippen LogP contribution in [-0.4, -0.2) is 30.3 Å². The van der Waals surface area contributed by atoms with Gasteiger partial charge in [-0.3, -0.25) is 0 Å². The third kappa shape index (κ3) is 3.99. The smallest absolute Gasteiger partial charge is 0.349 e. The lowest BCUT2D eigenvalue weighted by atomic mass is 10.1. The van der Waals surface area contributed by atoms with Gasteiger partial charge in [-0.1, -0.05) is 11.6 Å². The minimum atomic E-state index is -0.932. The van der Waals surface area contributed by atoms with Crippen LogP contribution in [-0.2, 0) is 19.1 Å². The van der Waals surface area contributed by atoms with E-state index in [2.05, 4.69) is 0 Å². The van der Waals surface area contributed by atoms with Gasteiger partial charge in [0.25, 0.3) is 0 Å². The van der Waals surface area contributed by atoms with Crippen molar-refractivity contribution in [3.63, 3.8) is 0 Å². The highest BCUT2D eigenvalue weighted by Gasteiger charge is 2.26. The number of esters is 2. The zero-order chi connectivity index (χ0) is 15.1. The van der Waals surface area contributed by atoms with E-state index in [1.54, 1.807) is 13.8 Å². The minimum Gasteiger partial charge on any atom is -0.506 e. The number of carbonyl (C=O) groups excluding carboxylic acids is 2. The SMILES string of the molecule is CCOC(=O)C(C(=O)OCC)=C(O)c1ccc(Cl)cc1. The molecule has 0 aliphatic carbocycles. The highest BCUT2D eigenvalue weighted by molar-refractivity contribution is 6.30. The molecule has 0 amide bonds. The van der Waals surface area contributed by atoms with Crippen molar-refractivity contribution in [2.24, 2.45) is 0 Å². The maximum absolute atomic E-state index is 11.8. The third-order valence-corrected chi connectivity index (χ3v) is 2.57. The van der Waals surface area contributed by atoms with Gasteiger partial charge in [0.05, 0.1) is 13.2 Å². The van der Waals surface area contributed by atoms with Crippen LogP contribution in [0.15, 0.2) is 29.8 Å². The number of hydrogen-bond donors (Lipinski definition) is 1. The molecule has 0 heterocycles. The van der Waals surface area contributed by atoms with Gasteiger partial charge in [-0.15, -0.1) is 0 Å². The highest BCUT2D eigenvalue weighted by atomic mass is 35.5. The summed E-state index contributed by atoms with van der Waals surface area (Å²) in [5.74, 6) is -2.37. The maximum atomic E-state index is 11.8. The normalized spacial score (nSPS) is 9.75. The standard InChI is InChI=1S/C14H15ClO5/c1-3-19-13(17)11(14(18)20-4-2)12(16)9-5-7-10(15)8-6-9/h5-8,16H,3-4H2,1-2H3. The van der Waals surface area contributed by atoms with Gasteiger partial charge >= 0.3 is 11.9 Å². The zero-order valence-corrected chi connectivity index (χ0v) is 11.9. The topological polar surface area (TPSA) is 72.8 Å². The quantitative estimate of drug-likeness (QED) is 0.297. The first kappa shape index (κ1) is 16.0. The maximum Gasteiger partial charge on any atom is 0.349 e. The van der Waals surface area contributed by atoms with Gasteiger partial charge in [0.2, 0.25) is 0 Å². The summed E-state index contributed by atoms with van der Waals surface area (Å²) < 4.78 is 9.51. The lowest BCUT2D eigenvalue weighted by molar-refractivity contribution is -0.146. The predicted molar refractivity (Wildman–Crippen MR) is 74.3 cm³/mol. The number of hydrogen-bond acceptors (Lipinski definition) is 5. The number of carbonyl (C=O) groups is 2. The van der Waals surface area contributed by atoms with Crippen LogP contribution in [0.25, 0.3) is 5.76 Å². The van der Waals surface area contributed by atoms with Crippen molar-refractivity contribution in [2.45, 2.75) is 13.8 Å². The fourth-order valence-electron chi connectivity index (χ4n) is 1.44. The van der Waals surface area contributed by atoms with E-state index in [1.165, 1.54) is 24.3 Å². The number of aliphatic hydroxyl groups excluding tert-OH is 1. The summed E-state index contributed by atoms with van der Waals surface area (Å²) in [4.78, 5) is 23.5. The highest BCUT2D eigenvalue weighted by Crippen LogP contribution is 2.20. The van der Waals surface area contributed by atoms with Gasteiger partial charge in [0, 0.05) is 10.6 Å². The molecule has 0 saturated carbocycles. The van der Waals surface area contributed by atoms with E-state index in [-0.39, 0.29) is 18.8 Å². The molecular weight excluding hydrogens is 284 g/mol. The fraction of sp³-hybridized carbons (Fsp3) is 0.286. The Morgan fingerprint density at radius 1 is 1.05 bits per heavy atom. The molecule has 0 aliphatic rings. The molecule has 0 spiro atoms. The average Bonchev–Trinajstić information content (AvgIpc) is 2.40. The van der Waals surface area contributed by atoms with Crippen LogP contribution in [0.1, 0.15) is 19.4 Å². The lowest BCUT2D eigenvalue weighted by Crippen LogP contribution is -2.20. The number of benzene rings is 1. The van der Waals surface area contributed by atoms with E-state index in [4.69, 9.17) is 21.1 Å². The molecule has 1 aromatic carbocycles. The predicted octanol–water partition coefficient (Wildman–Crippen LogP) is 2.74. The van der Waals surface area contributed by atoms with Crippen molar-refractivity contribution in [3.05, 3.63) is 40.4 Å². The number of aliphatic hydroxyl groups is 1. The molecule has 0 aromatic heterocycles. The first-order chi connectivity index (χ1) is 9.51. The molecule has 0 bridgehead atoms. The Morgan fingerprint density at radius 2 is 1.50 bits per heavy atom. The molecule has 1 N–H and O–H groups in total. The van der Waals surface area contributed by atoms with Crippen LogP contribution in [0.2, 0.25) is 5.02 Å². The van der Waals surface area contributed by atoms with Crippen LogP contribution in [0.4, 0.5) is 0 Å². The van der Waals surface area contributed by atoms with Crippen molar-refractivity contribution < 1.29 is 24.2 Å². The molecule has 0 saturated heterocycles. The van der Waals surface area contributed by atoms with Crippen molar-refractivity contribution in [1.82, 2.24) is 0 Å². The second-order valence-corrected chi connectivity index (χ2v) is 4.11. The van der Waals surface area contributed by atoms with E-state index >= 15 is 0 Å². The van der Waals surface area contributed by atoms with E-state index in [0.717, 1.165) is 0 Å². The van der Waals surface area contributed by atoms with Crippen LogP contribution in [0.5, 0.6) is 0 Å². The summed E-state index contributed by atoms with van der Waals surface area (Å²) in [5, 5.41) is 10.6. The van der Waals surface area contributed by atoms with Crippen LogP contribution in [0.3, 0.4) is 0 Å². The Bertz CT molecular complexity index is 499. The average molecular weight is 299 g/mol. The molecule has 1 rings (SSSR count). The second kappa shape index (κ2) is 7.55. The number of halogens is 1. The molecule has 1 aromatic rings. The Hall–Kier alpha value is -2.01. The Labute approximate surface area is 121 Å². The van der Waals surface area contributed by atoms with E-state index in [1.807, 2.05) is 0 Å². The van der Waals surface area contributed by atoms with Gasteiger partial charge in [-0.05, 0) is 38.1 Å². The first-order valence-electron chi connectivity index (χ1n) is 6.04. The van der Waals surface area contributed by atoms with Gasteiger partial charge in [0.1, 0.15) is 5.76 Å². The molecule has 108 valence electrons. The molecule has 0 aliphatic heterocycles. The number of rotatable bonds is 5. The summed E-state index contributed by atoms with van der Waals surface area (Å²) in [6.07, 6.45) is 0. The Balaban J connectivity index is 3.24. The van der Waals surface area contributed by atoms with Crippen LogP contribution >= 0.6 is 11.6 Å². The molecular formula is C14H15ClO5. The monoisotopic (exact) mass is 298 g/mol. The van der Waals surface area contributed by atoms with E-state index in [9.17, 15) is 14.7 Å². The molecule has 5 nitrogen and oxygen atoms in total. The van der Waals surface area contributed by atoms with E-state index in [0.29, 0.717) is 5.02 Å². The van der Waals surface area contributed by atoms with Crippen LogP contribution < -0.4 is 0 Å². The van der Waals surface area contributed by atoms with E-state index < -0.39 is 23.3 Å². The van der Waals surface area contributed by atoms with Crippen molar-refractivity contribution >= 4 is 29.3 Å². The lowest BCUT2D eigenvalue weighted by Gasteiger charge is -2.09. The summed E-state index contributed by atoms with van der Waals surface area (Å²) in [6.45, 7) is 3.35. The zero-order valence-electron chi connectivity index (χ0n) is 11.2. The third-order valence-electron chi connectivity index (χ3n) is 2.31. The van der Waals surface area contributed by atoms with Gasteiger partial charge in [-0.2, -0.15) is 0 Å². The molecule has 0 radical (unpaired) electrons. The molecule has 0 atom stereocenters. The van der Waals surface area contributed by atoms with Gasteiger partial charge < -0.3 is 14.6 Å². The molecule has 0 unspecified atom stereocenters. The molecule has 6 heteroatoms. The van der Waals surface area contributed by atoms with Crippen LogP contribution in [0, 0.1) is 0 Å². The molecule has 0 fully saturated rings. The summed E-state index contributed by atoms with van der Waals surface area (Å²) in [7, 11) is 0. The van der Waals surface area contributed by atoms with Gasteiger partial charge in [-0.25, -0.2) is 9.59 Å². The Morgan fingerprint density at radius 3 is 1.90 bits per heavy atom. The largest absolute Gasteiger partial charge is 0.506 e. The first-order valence-corrected chi connectivity index (χ1v) is 6.42. The minimum absolute atomic E-state index is 0.0790. The summed E-state index contributed by atoms with van der Waals surface area (Å²) >= 11 is 5.74.